The maximum Gasteiger partial charge on any atom is 0.337 e. The van der Waals surface area contributed by atoms with Gasteiger partial charge in [0.1, 0.15) is 17.3 Å². The molecule has 0 saturated carbocycles. The molecule has 2 amide bonds. The molecule has 34 heavy (non-hydrogen) atoms. The standard InChI is InChI=1S/C24H22ClN3O6/c1-14-4-3-5-15(2)23(14)33-13-22(30)26-12-21(29)28-27-11-17-7-9-20(34-17)16-6-8-19(25)18(10-16)24(31)32/h3-11H,12-13H2,1-2H3,(H,26,30)(H,28,29)(H,31,32)/b27-11-. The fourth-order valence-electron chi connectivity index (χ4n) is 3.02. The number of carbonyl (C=O) groups excluding carboxylic acids is 2. The maximum atomic E-state index is 11.9. The van der Waals surface area contributed by atoms with Crippen LogP contribution in [0.15, 0.2) is 58.0 Å². The van der Waals surface area contributed by atoms with E-state index in [0.29, 0.717) is 22.8 Å². The van der Waals surface area contributed by atoms with Crippen LogP contribution in [0, 0.1) is 13.8 Å². The lowest BCUT2D eigenvalue weighted by Crippen LogP contribution is -2.37. The lowest BCUT2D eigenvalue weighted by molar-refractivity contribution is -0.127. The van der Waals surface area contributed by atoms with Crippen LogP contribution in [0.25, 0.3) is 11.3 Å². The van der Waals surface area contributed by atoms with Crippen LogP contribution in [-0.4, -0.2) is 42.3 Å². The van der Waals surface area contributed by atoms with Gasteiger partial charge >= 0.3 is 5.97 Å². The van der Waals surface area contributed by atoms with Crippen molar-refractivity contribution in [3.63, 3.8) is 0 Å². The molecule has 3 rings (SSSR count). The van der Waals surface area contributed by atoms with E-state index in [-0.39, 0.29) is 23.7 Å². The highest BCUT2D eigenvalue weighted by Crippen LogP contribution is 2.26. The molecular formula is C24H22ClN3O6. The molecule has 10 heteroatoms. The van der Waals surface area contributed by atoms with Gasteiger partial charge in [0.2, 0.25) is 0 Å². The van der Waals surface area contributed by atoms with E-state index in [1.165, 1.54) is 18.3 Å². The Kier molecular flexibility index (Phi) is 8.05. The van der Waals surface area contributed by atoms with Crippen LogP contribution in [-0.2, 0) is 9.59 Å². The summed E-state index contributed by atoms with van der Waals surface area (Å²) in [6.45, 7) is 3.27. The Labute approximate surface area is 200 Å². The summed E-state index contributed by atoms with van der Waals surface area (Å²) in [5.74, 6) is -0.751. The second kappa shape index (κ2) is 11.2. The van der Waals surface area contributed by atoms with Gasteiger partial charge in [0.05, 0.1) is 23.3 Å². The van der Waals surface area contributed by atoms with Crippen molar-refractivity contribution in [2.45, 2.75) is 13.8 Å². The molecule has 0 aliphatic heterocycles. The van der Waals surface area contributed by atoms with Crippen LogP contribution in [0.2, 0.25) is 5.02 Å². The SMILES string of the molecule is Cc1cccc(C)c1OCC(=O)NCC(=O)N/N=C\c1ccc(-c2ccc(Cl)c(C(=O)O)c2)o1. The van der Waals surface area contributed by atoms with Crippen LogP contribution in [0.4, 0.5) is 0 Å². The van der Waals surface area contributed by atoms with Crippen LogP contribution in [0.1, 0.15) is 27.2 Å². The summed E-state index contributed by atoms with van der Waals surface area (Å²) in [5.41, 5.74) is 4.59. The fraction of sp³-hybridized carbons (Fsp3) is 0.167. The highest BCUT2D eigenvalue weighted by molar-refractivity contribution is 6.33. The van der Waals surface area contributed by atoms with Crippen molar-refractivity contribution >= 4 is 35.6 Å². The Morgan fingerprint density at radius 1 is 1.09 bits per heavy atom. The van der Waals surface area contributed by atoms with E-state index >= 15 is 0 Å². The van der Waals surface area contributed by atoms with Gasteiger partial charge in [0.25, 0.3) is 11.8 Å². The maximum absolute atomic E-state index is 11.9. The number of hydrogen-bond donors (Lipinski definition) is 3. The van der Waals surface area contributed by atoms with Crippen molar-refractivity contribution in [1.82, 2.24) is 10.7 Å². The number of nitrogens with one attached hydrogen (secondary N) is 2. The lowest BCUT2D eigenvalue weighted by atomic mass is 10.1. The third-order valence-corrected chi connectivity index (χ3v) is 5.02. The zero-order chi connectivity index (χ0) is 24.7. The second-order valence-corrected chi connectivity index (χ2v) is 7.69. The first kappa shape index (κ1) is 24.5. The number of para-hydroxylation sites is 1. The van der Waals surface area contributed by atoms with Crippen molar-refractivity contribution in [1.29, 1.82) is 0 Å². The highest BCUT2D eigenvalue weighted by Gasteiger charge is 2.12. The summed E-state index contributed by atoms with van der Waals surface area (Å²) < 4.78 is 11.1. The normalized spacial score (nSPS) is 10.8. The Balaban J connectivity index is 1.46. The van der Waals surface area contributed by atoms with Crippen molar-refractivity contribution in [2.24, 2.45) is 5.10 Å². The molecule has 3 N–H and O–H groups in total. The first-order valence-electron chi connectivity index (χ1n) is 10.1. The lowest BCUT2D eigenvalue weighted by Gasteiger charge is -2.11. The van der Waals surface area contributed by atoms with Crippen LogP contribution < -0.4 is 15.5 Å². The molecule has 1 aromatic heterocycles. The van der Waals surface area contributed by atoms with Gasteiger partial charge in [0.15, 0.2) is 6.61 Å². The summed E-state index contributed by atoms with van der Waals surface area (Å²) in [6.07, 6.45) is 1.28. The van der Waals surface area contributed by atoms with E-state index in [4.69, 9.17) is 20.8 Å². The number of carboxylic acids is 1. The minimum Gasteiger partial charge on any atom is -0.483 e. The fourth-order valence-corrected chi connectivity index (χ4v) is 3.22. The smallest absolute Gasteiger partial charge is 0.337 e. The molecule has 0 bridgehead atoms. The number of hydrazone groups is 1. The molecule has 2 aromatic carbocycles. The number of carboxylic acid groups (broad SMARTS) is 1. The number of amides is 2. The van der Waals surface area contributed by atoms with E-state index in [0.717, 1.165) is 11.1 Å². The number of benzene rings is 2. The van der Waals surface area contributed by atoms with Crippen LogP contribution in [0.5, 0.6) is 5.75 Å². The monoisotopic (exact) mass is 483 g/mol. The zero-order valence-corrected chi connectivity index (χ0v) is 19.2. The molecule has 1 heterocycles. The second-order valence-electron chi connectivity index (χ2n) is 7.28. The predicted octanol–water partition coefficient (Wildman–Crippen LogP) is 3.56. The molecular weight excluding hydrogens is 462 g/mol. The van der Waals surface area contributed by atoms with E-state index in [1.807, 2.05) is 32.0 Å². The van der Waals surface area contributed by atoms with Gasteiger partial charge in [0, 0.05) is 5.56 Å². The van der Waals surface area contributed by atoms with Crippen molar-refractivity contribution in [3.05, 3.63) is 76.0 Å². The van der Waals surface area contributed by atoms with Gasteiger partial charge in [-0.3, -0.25) is 9.59 Å². The minimum atomic E-state index is -1.15. The number of halogens is 1. The molecule has 0 radical (unpaired) electrons. The van der Waals surface area contributed by atoms with Gasteiger partial charge in [-0.15, -0.1) is 0 Å². The van der Waals surface area contributed by atoms with E-state index < -0.39 is 17.8 Å². The first-order chi connectivity index (χ1) is 16.2. The molecule has 0 saturated heterocycles. The number of furan rings is 1. The average Bonchev–Trinajstić information content (AvgIpc) is 3.26. The molecule has 9 nitrogen and oxygen atoms in total. The number of hydrogen-bond acceptors (Lipinski definition) is 6. The molecule has 0 spiro atoms. The van der Waals surface area contributed by atoms with Crippen LogP contribution in [0.3, 0.4) is 0 Å². The molecule has 0 atom stereocenters. The summed E-state index contributed by atoms with van der Waals surface area (Å²) >= 11 is 5.88. The molecule has 0 aliphatic carbocycles. The van der Waals surface area contributed by atoms with E-state index in [1.54, 1.807) is 18.2 Å². The number of rotatable bonds is 9. The quantitative estimate of drug-likeness (QED) is 0.315. The molecule has 3 aromatic rings. The van der Waals surface area contributed by atoms with Gasteiger partial charge in [-0.1, -0.05) is 29.8 Å². The van der Waals surface area contributed by atoms with Gasteiger partial charge in [-0.25, -0.2) is 10.2 Å². The van der Waals surface area contributed by atoms with Crippen LogP contribution >= 0.6 is 11.6 Å². The summed E-state index contributed by atoms with van der Waals surface area (Å²) in [7, 11) is 0. The third-order valence-electron chi connectivity index (χ3n) is 4.69. The van der Waals surface area contributed by atoms with Gasteiger partial charge < -0.3 is 19.6 Å². The highest BCUT2D eigenvalue weighted by atomic mass is 35.5. The molecule has 0 aliphatic rings. The summed E-state index contributed by atoms with van der Waals surface area (Å²) in [6, 6.07) is 13.4. The Morgan fingerprint density at radius 3 is 2.53 bits per heavy atom. The third kappa shape index (κ3) is 6.46. The number of carbonyl (C=O) groups is 3. The number of ether oxygens (including phenoxy) is 1. The number of aryl methyl sites for hydroxylation is 2. The summed E-state index contributed by atoms with van der Waals surface area (Å²) in [4.78, 5) is 35.1. The Morgan fingerprint density at radius 2 is 1.82 bits per heavy atom. The van der Waals surface area contributed by atoms with Crippen molar-refractivity contribution in [3.8, 4) is 17.1 Å². The molecule has 0 unspecified atom stereocenters. The summed E-state index contributed by atoms with van der Waals surface area (Å²) in [5, 5.41) is 15.5. The van der Waals surface area contributed by atoms with E-state index in [2.05, 4.69) is 15.8 Å². The zero-order valence-electron chi connectivity index (χ0n) is 18.4. The topological polar surface area (TPSA) is 130 Å². The van der Waals surface area contributed by atoms with Gasteiger partial charge in [-0.2, -0.15) is 5.10 Å². The minimum absolute atomic E-state index is 0.0421. The number of nitrogens with zero attached hydrogens (tertiary/aromatic N) is 1. The predicted molar refractivity (Wildman–Crippen MR) is 126 cm³/mol. The number of aromatic carboxylic acids is 1. The average molecular weight is 484 g/mol. The van der Waals surface area contributed by atoms with Gasteiger partial charge in [-0.05, 0) is 55.3 Å². The Bertz CT molecular complexity index is 1230. The van der Waals surface area contributed by atoms with Crippen molar-refractivity contribution in [2.75, 3.05) is 13.2 Å². The Hall–Kier alpha value is -4.11. The van der Waals surface area contributed by atoms with Crippen molar-refractivity contribution < 1.29 is 28.6 Å². The largest absolute Gasteiger partial charge is 0.483 e. The van der Waals surface area contributed by atoms with E-state index in [9.17, 15) is 19.5 Å². The molecule has 176 valence electrons. The first-order valence-corrected chi connectivity index (χ1v) is 10.5. The molecule has 0 fully saturated rings.